The van der Waals surface area contributed by atoms with Gasteiger partial charge in [0, 0.05) is 12.5 Å². The minimum atomic E-state index is -0.358. The van der Waals surface area contributed by atoms with E-state index < -0.39 is 0 Å². The molecule has 1 rings (SSSR count). The van der Waals surface area contributed by atoms with Crippen molar-refractivity contribution in [2.75, 3.05) is 13.7 Å². The van der Waals surface area contributed by atoms with Gasteiger partial charge in [0.05, 0.1) is 13.2 Å². The van der Waals surface area contributed by atoms with Crippen molar-refractivity contribution < 1.29 is 9.84 Å². The summed E-state index contributed by atoms with van der Waals surface area (Å²) in [6.45, 7) is 2.53. The van der Waals surface area contributed by atoms with Crippen molar-refractivity contribution in [3.8, 4) is 5.75 Å². The Morgan fingerprint density at radius 3 is 2.38 bits per heavy atom. The smallest absolute Gasteiger partial charge is 0.118 e. The SMILES string of the molecule is CCCC(O)C(CN)c1ccc(OC)cc1. The van der Waals surface area contributed by atoms with E-state index >= 15 is 0 Å². The maximum Gasteiger partial charge on any atom is 0.118 e. The van der Waals surface area contributed by atoms with Crippen molar-refractivity contribution in [1.82, 2.24) is 0 Å². The first-order valence-electron chi connectivity index (χ1n) is 5.75. The van der Waals surface area contributed by atoms with Crippen LogP contribution in [0.5, 0.6) is 5.75 Å². The van der Waals surface area contributed by atoms with Crippen LogP contribution >= 0.6 is 0 Å². The Morgan fingerprint density at radius 2 is 1.94 bits per heavy atom. The molecule has 2 atom stereocenters. The summed E-state index contributed by atoms with van der Waals surface area (Å²) in [7, 11) is 1.64. The summed E-state index contributed by atoms with van der Waals surface area (Å²) in [4.78, 5) is 0. The molecule has 16 heavy (non-hydrogen) atoms. The summed E-state index contributed by atoms with van der Waals surface area (Å²) in [5, 5.41) is 9.98. The lowest BCUT2D eigenvalue weighted by atomic mass is 9.91. The molecule has 2 unspecified atom stereocenters. The number of methoxy groups -OCH3 is 1. The third kappa shape index (κ3) is 3.22. The van der Waals surface area contributed by atoms with Gasteiger partial charge in [-0.25, -0.2) is 0 Å². The number of rotatable bonds is 6. The number of nitrogens with two attached hydrogens (primary N) is 1. The fourth-order valence-electron chi connectivity index (χ4n) is 1.86. The summed E-state index contributed by atoms with van der Waals surface area (Å²) < 4.78 is 5.10. The highest BCUT2D eigenvalue weighted by atomic mass is 16.5. The molecule has 90 valence electrons. The molecule has 0 fully saturated rings. The fourth-order valence-corrected chi connectivity index (χ4v) is 1.86. The highest BCUT2D eigenvalue weighted by Gasteiger charge is 2.18. The maximum absolute atomic E-state index is 9.98. The summed E-state index contributed by atoms with van der Waals surface area (Å²) in [6, 6.07) is 7.73. The lowest BCUT2D eigenvalue weighted by molar-refractivity contribution is 0.135. The third-order valence-electron chi connectivity index (χ3n) is 2.85. The lowest BCUT2D eigenvalue weighted by Gasteiger charge is -2.21. The molecule has 0 heterocycles. The molecule has 0 radical (unpaired) electrons. The molecule has 3 heteroatoms. The van der Waals surface area contributed by atoms with Crippen LogP contribution in [-0.4, -0.2) is 24.9 Å². The molecule has 1 aromatic carbocycles. The van der Waals surface area contributed by atoms with Crippen LogP contribution in [0.2, 0.25) is 0 Å². The summed E-state index contributed by atoms with van der Waals surface area (Å²) in [5.41, 5.74) is 6.79. The molecule has 0 aliphatic rings. The Kier molecular flexibility index (Phi) is 5.29. The van der Waals surface area contributed by atoms with Gasteiger partial charge in [-0.1, -0.05) is 25.5 Å². The Balaban J connectivity index is 2.78. The molecule has 1 aromatic rings. The first-order valence-corrected chi connectivity index (χ1v) is 5.75. The number of hydrogen-bond acceptors (Lipinski definition) is 3. The number of hydrogen-bond donors (Lipinski definition) is 2. The van der Waals surface area contributed by atoms with Gasteiger partial charge in [-0.05, 0) is 24.1 Å². The van der Waals surface area contributed by atoms with E-state index in [0.717, 1.165) is 24.2 Å². The molecule has 3 nitrogen and oxygen atoms in total. The van der Waals surface area contributed by atoms with Gasteiger partial charge in [0.25, 0.3) is 0 Å². The fraction of sp³-hybridized carbons (Fsp3) is 0.538. The number of benzene rings is 1. The summed E-state index contributed by atoms with van der Waals surface area (Å²) in [5.74, 6) is 0.843. The van der Waals surface area contributed by atoms with Gasteiger partial charge >= 0.3 is 0 Å². The molecule has 3 N–H and O–H groups in total. The molecule has 0 saturated carbocycles. The van der Waals surface area contributed by atoms with Crippen LogP contribution in [0.15, 0.2) is 24.3 Å². The first-order chi connectivity index (χ1) is 7.72. The van der Waals surface area contributed by atoms with Crippen LogP contribution < -0.4 is 10.5 Å². The lowest BCUT2D eigenvalue weighted by Crippen LogP contribution is -2.25. The largest absolute Gasteiger partial charge is 0.497 e. The zero-order valence-corrected chi connectivity index (χ0v) is 10.0. The van der Waals surface area contributed by atoms with Gasteiger partial charge < -0.3 is 15.6 Å². The maximum atomic E-state index is 9.98. The van der Waals surface area contributed by atoms with Crippen molar-refractivity contribution in [1.29, 1.82) is 0 Å². The summed E-state index contributed by atoms with van der Waals surface area (Å²) >= 11 is 0. The number of ether oxygens (including phenoxy) is 1. The summed E-state index contributed by atoms with van der Waals surface area (Å²) in [6.07, 6.45) is 1.39. The Labute approximate surface area is 97.2 Å². The van der Waals surface area contributed by atoms with E-state index in [2.05, 4.69) is 6.92 Å². The first kappa shape index (κ1) is 13.0. The average Bonchev–Trinajstić information content (AvgIpc) is 2.31. The molecule has 0 bridgehead atoms. The normalized spacial score (nSPS) is 14.5. The van der Waals surface area contributed by atoms with Gasteiger partial charge in [-0.3, -0.25) is 0 Å². The van der Waals surface area contributed by atoms with Gasteiger partial charge in [0.15, 0.2) is 0 Å². The van der Waals surface area contributed by atoms with E-state index in [-0.39, 0.29) is 12.0 Å². The van der Waals surface area contributed by atoms with Gasteiger partial charge in [-0.2, -0.15) is 0 Å². The molecular formula is C13H21NO2. The van der Waals surface area contributed by atoms with Crippen LogP contribution in [0.4, 0.5) is 0 Å². The van der Waals surface area contributed by atoms with Gasteiger partial charge in [0.1, 0.15) is 5.75 Å². The van der Waals surface area contributed by atoms with E-state index in [0.29, 0.717) is 6.54 Å². The van der Waals surface area contributed by atoms with Crippen molar-refractivity contribution in [2.24, 2.45) is 5.73 Å². The highest BCUT2D eigenvalue weighted by molar-refractivity contribution is 5.30. The molecule has 0 amide bonds. The van der Waals surface area contributed by atoms with E-state index in [9.17, 15) is 5.11 Å². The molecule has 0 spiro atoms. The van der Waals surface area contributed by atoms with E-state index in [1.165, 1.54) is 0 Å². The average molecular weight is 223 g/mol. The van der Waals surface area contributed by atoms with Crippen molar-refractivity contribution in [3.63, 3.8) is 0 Å². The molecule has 0 aromatic heterocycles. The Morgan fingerprint density at radius 1 is 1.31 bits per heavy atom. The Bertz CT molecular complexity index is 297. The molecule has 0 aliphatic heterocycles. The van der Waals surface area contributed by atoms with Crippen LogP contribution in [0.1, 0.15) is 31.2 Å². The number of aliphatic hydroxyl groups is 1. The predicted molar refractivity (Wildman–Crippen MR) is 65.7 cm³/mol. The quantitative estimate of drug-likeness (QED) is 0.774. The van der Waals surface area contributed by atoms with E-state index in [4.69, 9.17) is 10.5 Å². The van der Waals surface area contributed by atoms with E-state index in [1.807, 2.05) is 24.3 Å². The molecule has 0 aliphatic carbocycles. The second kappa shape index (κ2) is 6.51. The second-order valence-corrected chi connectivity index (χ2v) is 3.97. The minimum absolute atomic E-state index is 0.0193. The minimum Gasteiger partial charge on any atom is -0.497 e. The van der Waals surface area contributed by atoms with Crippen LogP contribution in [0.3, 0.4) is 0 Å². The van der Waals surface area contributed by atoms with Gasteiger partial charge in [0.2, 0.25) is 0 Å². The van der Waals surface area contributed by atoms with Crippen LogP contribution in [0.25, 0.3) is 0 Å². The van der Waals surface area contributed by atoms with Gasteiger partial charge in [-0.15, -0.1) is 0 Å². The monoisotopic (exact) mass is 223 g/mol. The highest BCUT2D eigenvalue weighted by Crippen LogP contribution is 2.23. The van der Waals surface area contributed by atoms with E-state index in [1.54, 1.807) is 7.11 Å². The topological polar surface area (TPSA) is 55.5 Å². The zero-order valence-electron chi connectivity index (χ0n) is 10.0. The standard InChI is InChI=1S/C13H21NO2/c1-3-4-13(15)12(9-14)10-5-7-11(16-2)8-6-10/h5-8,12-13,15H,3-4,9,14H2,1-2H3. The van der Waals surface area contributed by atoms with Crippen molar-refractivity contribution in [2.45, 2.75) is 31.8 Å². The number of aliphatic hydroxyl groups excluding tert-OH is 1. The van der Waals surface area contributed by atoms with Crippen molar-refractivity contribution in [3.05, 3.63) is 29.8 Å². The van der Waals surface area contributed by atoms with Crippen LogP contribution in [0, 0.1) is 0 Å². The molecular weight excluding hydrogens is 202 g/mol. The van der Waals surface area contributed by atoms with Crippen molar-refractivity contribution >= 4 is 0 Å². The van der Waals surface area contributed by atoms with Crippen LogP contribution in [-0.2, 0) is 0 Å². The Hall–Kier alpha value is -1.06. The third-order valence-corrected chi connectivity index (χ3v) is 2.85. The molecule has 0 saturated heterocycles. The predicted octanol–water partition coefficient (Wildman–Crippen LogP) is 1.90. The zero-order chi connectivity index (χ0) is 12.0. The second-order valence-electron chi connectivity index (χ2n) is 3.97.